The molecule has 0 bridgehead atoms. The van der Waals surface area contributed by atoms with Crippen LogP contribution < -0.4 is 26.2 Å². The van der Waals surface area contributed by atoms with E-state index in [4.69, 9.17) is 0 Å². The van der Waals surface area contributed by atoms with Gasteiger partial charge in [0.2, 0.25) is 0 Å². The molecule has 7 aromatic carbocycles. The first-order valence-corrected chi connectivity index (χ1v) is 22.2. The smallest absolute Gasteiger partial charge is 0.252 e. The summed E-state index contributed by atoms with van der Waals surface area (Å²) in [6.07, 6.45) is 1.13. The van der Waals surface area contributed by atoms with Crippen molar-refractivity contribution < 1.29 is 0 Å². The lowest BCUT2D eigenvalue weighted by Gasteiger charge is -2.45. The van der Waals surface area contributed by atoms with Gasteiger partial charge in [-0.25, -0.2) is 0 Å². The molecule has 59 heavy (non-hydrogen) atoms. The summed E-state index contributed by atoms with van der Waals surface area (Å²) in [5.41, 5.74) is 21.3. The van der Waals surface area contributed by atoms with E-state index in [1.165, 1.54) is 110 Å². The number of aryl methyl sites for hydroxylation is 2. The third-order valence-corrected chi connectivity index (χ3v) is 14.9. The summed E-state index contributed by atoms with van der Waals surface area (Å²) in [6, 6.07) is 51.3. The van der Waals surface area contributed by atoms with E-state index in [-0.39, 0.29) is 23.0 Å². The molecule has 3 aliphatic rings. The Bertz CT molecular complexity index is 3050. The minimum Gasteiger partial charge on any atom is -0.311 e. The first kappa shape index (κ1) is 36.5. The minimum atomic E-state index is -0.00616. The Balaban J connectivity index is 1.25. The van der Waals surface area contributed by atoms with Gasteiger partial charge >= 0.3 is 0 Å². The second-order valence-corrected chi connectivity index (χ2v) is 20.9. The SMILES string of the molecule is Cc1cc2c3c(c1)N(c1cccc4c1sc1ccccc14)c1cc4c(cc1B3c1cc(C(C)(C)C)ccc1N2c1ccc(-c2ccccc2)cc1C)C(C)(C)CC4(C)C. The predicted molar refractivity (Wildman–Crippen MR) is 258 cm³/mol. The predicted octanol–water partition coefficient (Wildman–Crippen LogP) is 13.7. The maximum Gasteiger partial charge on any atom is 0.252 e. The highest BCUT2D eigenvalue weighted by Crippen LogP contribution is 2.54. The van der Waals surface area contributed by atoms with E-state index in [9.17, 15) is 0 Å². The molecule has 0 saturated heterocycles. The molecule has 11 rings (SSSR count). The molecule has 0 radical (unpaired) electrons. The second-order valence-electron chi connectivity index (χ2n) is 19.9. The molecule has 0 saturated carbocycles. The van der Waals surface area contributed by atoms with Crippen LogP contribution >= 0.6 is 11.3 Å². The molecule has 3 heterocycles. The van der Waals surface area contributed by atoms with Crippen LogP contribution in [0.2, 0.25) is 0 Å². The van der Waals surface area contributed by atoms with Crippen molar-refractivity contribution in [3.8, 4) is 11.1 Å². The number of fused-ring (bicyclic) bond motifs is 8. The van der Waals surface area contributed by atoms with E-state index in [0.717, 1.165) is 6.42 Å². The zero-order valence-corrected chi connectivity index (χ0v) is 36.6. The van der Waals surface area contributed by atoms with Crippen LogP contribution in [0.1, 0.15) is 82.7 Å². The van der Waals surface area contributed by atoms with Crippen LogP contribution in [0.5, 0.6) is 0 Å². The average Bonchev–Trinajstić information content (AvgIpc) is 3.67. The third kappa shape index (κ3) is 5.38. The second kappa shape index (κ2) is 12.5. The van der Waals surface area contributed by atoms with Gasteiger partial charge in [0, 0.05) is 43.9 Å². The first-order valence-electron chi connectivity index (χ1n) is 21.3. The van der Waals surface area contributed by atoms with E-state index in [1.807, 2.05) is 11.3 Å². The van der Waals surface area contributed by atoms with Crippen molar-refractivity contribution in [2.24, 2.45) is 0 Å². The summed E-state index contributed by atoms with van der Waals surface area (Å²) >= 11 is 1.93. The molecular weight excluding hydrogens is 731 g/mol. The van der Waals surface area contributed by atoms with Crippen molar-refractivity contribution in [2.75, 3.05) is 9.80 Å². The molecular formula is C55H51BN2S. The Labute approximate surface area is 354 Å². The van der Waals surface area contributed by atoms with Crippen molar-refractivity contribution in [3.63, 3.8) is 0 Å². The van der Waals surface area contributed by atoms with Crippen LogP contribution in [0.15, 0.2) is 133 Å². The molecule has 290 valence electrons. The van der Waals surface area contributed by atoms with Gasteiger partial charge < -0.3 is 9.80 Å². The van der Waals surface area contributed by atoms with Crippen LogP contribution in [0.25, 0.3) is 31.3 Å². The van der Waals surface area contributed by atoms with Gasteiger partial charge in [0.25, 0.3) is 6.71 Å². The molecule has 2 aliphatic heterocycles. The molecule has 0 unspecified atom stereocenters. The Morgan fingerprint density at radius 2 is 1.19 bits per heavy atom. The third-order valence-electron chi connectivity index (χ3n) is 13.7. The van der Waals surface area contributed by atoms with Crippen LogP contribution in [0.3, 0.4) is 0 Å². The lowest BCUT2D eigenvalue weighted by Crippen LogP contribution is -2.61. The van der Waals surface area contributed by atoms with Gasteiger partial charge in [0.1, 0.15) is 0 Å². The summed E-state index contributed by atoms with van der Waals surface area (Å²) in [5, 5.41) is 2.66. The van der Waals surface area contributed by atoms with E-state index in [1.54, 1.807) is 0 Å². The van der Waals surface area contributed by atoms with Gasteiger partial charge in [-0.2, -0.15) is 0 Å². The van der Waals surface area contributed by atoms with E-state index in [0.29, 0.717) is 0 Å². The van der Waals surface area contributed by atoms with Crippen molar-refractivity contribution in [1.29, 1.82) is 0 Å². The summed E-state index contributed by atoms with van der Waals surface area (Å²) in [4.78, 5) is 5.26. The Morgan fingerprint density at radius 3 is 1.92 bits per heavy atom. The zero-order chi connectivity index (χ0) is 40.7. The number of hydrogen-bond donors (Lipinski definition) is 0. The van der Waals surface area contributed by atoms with Gasteiger partial charge in [-0.05, 0) is 140 Å². The fraction of sp³-hybridized carbons (Fsp3) is 0.236. The van der Waals surface area contributed by atoms with E-state index >= 15 is 0 Å². The number of hydrogen-bond acceptors (Lipinski definition) is 3. The molecule has 2 nitrogen and oxygen atoms in total. The Morgan fingerprint density at radius 1 is 0.542 bits per heavy atom. The molecule has 4 heteroatoms. The Hall–Kier alpha value is -5.58. The van der Waals surface area contributed by atoms with E-state index in [2.05, 4.69) is 206 Å². The first-order chi connectivity index (χ1) is 28.2. The van der Waals surface area contributed by atoms with Gasteiger partial charge in [-0.1, -0.05) is 133 Å². The highest BCUT2D eigenvalue weighted by molar-refractivity contribution is 7.26. The van der Waals surface area contributed by atoms with Gasteiger partial charge in [-0.15, -0.1) is 11.3 Å². The quantitative estimate of drug-likeness (QED) is 0.165. The number of benzene rings is 7. The van der Waals surface area contributed by atoms with Crippen molar-refractivity contribution in [3.05, 3.63) is 161 Å². The highest BCUT2D eigenvalue weighted by Gasteiger charge is 2.48. The number of anilines is 6. The molecule has 0 spiro atoms. The minimum absolute atomic E-state index is 0.00616. The van der Waals surface area contributed by atoms with Crippen molar-refractivity contribution in [1.82, 2.24) is 0 Å². The topological polar surface area (TPSA) is 6.48 Å². The Kier molecular flexibility index (Phi) is 7.72. The molecule has 1 aliphatic carbocycles. The zero-order valence-electron chi connectivity index (χ0n) is 35.8. The largest absolute Gasteiger partial charge is 0.311 e. The summed E-state index contributed by atoms with van der Waals surface area (Å²) < 4.78 is 2.67. The molecule has 0 amide bonds. The molecule has 8 aromatic rings. The van der Waals surface area contributed by atoms with E-state index < -0.39 is 0 Å². The lowest BCUT2D eigenvalue weighted by molar-refractivity contribution is 0.403. The molecule has 0 fully saturated rings. The highest BCUT2D eigenvalue weighted by atomic mass is 32.1. The number of thiophene rings is 1. The fourth-order valence-electron chi connectivity index (χ4n) is 11.2. The fourth-order valence-corrected chi connectivity index (χ4v) is 12.4. The summed E-state index contributed by atoms with van der Waals surface area (Å²) in [6.45, 7) is 21.5. The van der Waals surface area contributed by atoms with Crippen LogP contribution in [0, 0.1) is 13.8 Å². The number of nitrogens with zero attached hydrogens (tertiary/aromatic N) is 2. The molecule has 0 atom stereocenters. The lowest BCUT2D eigenvalue weighted by atomic mass is 9.33. The monoisotopic (exact) mass is 782 g/mol. The van der Waals surface area contributed by atoms with Crippen molar-refractivity contribution in [2.45, 2.75) is 85.0 Å². The summed E-state index contributed by atoms with van der Waals surface area (Å²) in [7, 11) is 0. The average molecular weight is 783 g/mol. The van der Waals surface area contributed by atoms with Gasteiger partial charge in [0.15, 0.2) is 0 Å². The maximum absolute atomic E-state index is 2.67. The summed E-state index contributed by atoms with van der Waals surface area (Å²) in [5.74, 6) is 0. The van der Waals surface area contributed by atoms with Gasteiger partial charge in [-0.3, -0.25) is 0 Å². The molecule has 0 N–H and O–H groups in total. The molecule has 1 aromatic heterocycles. The standard InChI is InChI=1S/C55H51BN2S/c1-33-26-48-51-49(27-33)58(46-20-15-19-39-38-18-13-14-21-50(38)59-52(39)46)47-31-41-40(54(6,7)32-55(41,8)9)30-43(47)56(51)42-29-37(53(3,4)5)23-25-45(42)57(48)44-24-22-36(28-34(44)2)35-16-11-10-12-17-35/h10-31H,32H2,1-9H3. The van der Waals surface area contributed by atoms with Crippen LogP contribution in [-0.4, -0.2) is 6.71 Å². The normalized spacial score (nSPS) is 16.0. The van der Waals surface area contributed by atoms with Crippen LogP contribution in [0.4, 0.5) is 34.1 Å². The van der Waals surface area contributed by atoms with Gasteiger partial charge in [0.05, 0.1) is 10.4 Å². The number of rotatable bonds is 3. The van der Waals surface area contributed by atoms with Crippen molar-refractivity contribution >= 4 is 88.7 Å². The maximum atomic E-state index is 2.67. The van der Waals surface area contributed by atoms with Crippen LogP contribution in [-0.2, 0) is 16.2 Å².